The molecule has 0 bridgehead atoms. The van der Waals surface area contributed by atoms with E-state index in [1.165, 1.54) is 11.8 Å². The van der Waals surface area contributed by atoms with Gasteiger partial charge in [0.2, 0.25) is 5.91 Å². The van der Waals surface area contributed by atoms with Crippen LogP contribution in [0.1, 0.15) is 29.5 Å². The molecule has 0 saturated heterocycles. The molecule has 1 heterocycles. The van der Waals surface area contributed by atoms with Gasteiger partial charge in [-0.3, -0.25) is 4.79 Å². The van der Waals surface area contributed by atoms with Crippen LogP contribution in [0.4, 0.5) is 5.69 Å². The molecule has 0 aromatic heterocycles. The maximum atomic E-state index is 13.4. The Morgan fingerprint density at radius 2 is 1.69 bits per heavy atom. The highest BCUT2D eigenvalue weighted by Gasteiger charge is 2.36. The molecule has 0 spiro atoms. The summed E-state index contributed by atoms with van der Waals surface area (Å²) in [6.45, 7) is 3.65. The Morgan fingerprint density at radius 1 is 1.00 bits per heavy atom. The molecule has 3 aromatic carbocycles. The van der Waals surface area contributed by atoms with Crippen LogP contribution in [0, 0.1) is 18.3 Å². The quantitative estimate of drug-likeness (QED) is 0.277. The van der Waals surface area contributed by atoms with Crippen LogP contribution in [0.5, 0.6) is 0 Å². The van der Waals surface area contributed by atoms with Crippen LogP contribution in [0.3, 0.4) is 0 Å². The molecule has 0 saturated carbocycles. The summed E-state index contributed by atoms with van der Waals surface area (Å²) < 4.78 is 5.65. The van der Waals surface area contributed by atoms with Gasteiger partial charge in [0.15, 0.2) is 0 Å². The number of dihydropyridines is 1. The first-order chi connectivity index (χ1) is 18.8. The Balaban J connectivity index is 1.61. The van der Waals surface area contributed by atoms with E-state index in [0.717, 1.165) is 11.1 Å². The zero-order chi connectivity index (χ0) is 27.9. The number of halogens is 2. The number of amides is 1. The second-order valence-corrected chi connectivity index (χ2v) is 10.6. The molecule has 9 heteroatoms. The molecular weight excluding hydrogens is 553 g/mol. The van der Waals surface area contributed by atoms with Crippen LogP contribution < -0.4 is 10.6 Å². The summed E-state index contributed by atoms with van der Waals surface area (Å²) in [6.07, 6.45) is 0. The summed E-state index contributed by atoms with van der Waals surface area (Å²) in [5.74, 6) is -1.56. The van der Waals surface area contributed by atoms with E-state index in [1.54, 1.807) is 49.4 Å². The number of ether oxygens (including phenoxy) is 1. The number of allylic oxidation sites excluding steroid dienone is 2. The van der Waals surface area contributed by atoms with E-state index in [0.29, 0.717) is 37.6 Å². The van der Waals surface area contributed by atoms with Crippen molar-refractivity contribution in [3.05, 3.63) is 121 Å². The van der Waals surface area contributed by atoms with Crippen molar-refractivity contribution in [2.75, 3.05) is 11.1 Å². The third-order valence-electron chi connectivity index (χ3n) is 6.19. The summed E-state index contributed by atoms with van der Waals surface area (Å²) in [4.78, 5) is 26.2. The minimum absolute atomic E-state index is 0.0236. The topological polar surface area (TPSA) is 91.2 Å². The van der Waals surface area contributed by atoms with Crippen LogP contribution in [-0.2, 0) is 20.9 Å². The molecule has 0 fully saturated rings. The van der Waals surface area contributed by atoms with Crippen LogP contribution >= 0.6 is 35.0 Å². The summed E-state index contributed by atoms with van der Waals surface area (Å²) >= 11 is 13.9. The van der Waals surface area contributed by atoms with Crippen molar-refractivity contribution in [2.45, 2.75) is 26.4 Å². The van der Waals surface area contributed by atoms with Gasteiger partial charge in [0, 0.05) is 21.4 Å². The van der Waals surface area contributed by atoms with Gasteiger partial charge in [0.05, 0.1) is 33.9 Å². The van der Waals surface area contributed by atoms with Crippen molar-refractivity contribution < 1.29 is 14.3 Å². The summed E-state index contributed by atoms with van der Waals surface area (Å²) in [5, 5.41) is 17.7. The number of nitriles is 1. The number of thioether (sulfide) groups is 1. The maximum absolute atomic E-state index is 13.4. The molecule has 6 nitrogen and oxygen atoms in total. The maximum Gasteiger partial charge on any atom is 0.337 e. The number of hydrogen-bond acceptors (Lipinski definition) is 6. The fourth-order valence-corrected chi connectivity index (χ4v) is 5.50. The number of esters is 1. The number of nitrogens with one attached hydrogen (secondary N) is 2. The number of hydrogen-bond donors (Lipinski definition) is 2. The normalized spacial score (nSPS) is 14.9. The second-order valence-electron chi connectivity index (χ2n) is 8.78. The number of anilines is 1. The van der Waals surface area contributed by atoms with Crippen molar-refractivity contribution in [1.29, 1.82) is 5.26 Å². The first kappa shape index (κ1) is 28.3. The first-order valence-corrected chi connectivity index (χ1v) is 13.8. The van der Waals surface area contributed by atoms with Crippen LogP contribution in [0.25, 0.3) is 0 Å². The van der Waals surface area contributed by atoms with Gasteiger partial charge in [0.25, 0.3) is 0 Å². The van der Waals surface area contributed by atoms with Gasteiger partial charge >= 0.3 is 5.97 Å². The van der Waals surface area contributed by atoms with E-state index >= 15 is 0 Å². The number of carbonyl (C=O) groups is 2. The van der Waals surface area contributed by atoms with Gasteiger partial charge in [-0.05, 0) is 48.7 Å². The third-order valence-corrected chi connectivity index (χ3v) is 7.96. The molecule has 39 heavy (non-hydrogen) atoms. The zero-order valence-electron chi connectivity index (χ0n) is 21.3. The molecule has 1 aliphatic heterocycles. The minimum atomic E-state index is -0.769. The predicted octanol–water partition coefficient (Wildman–Crippen LogP) is 7.11. The van der Waals surface area contributed by atoms with Gasteiger partial charge in [-0.15, -0.1) is 0 Å². The largest absolute Gasteiger partial charge is 0.457 e. The summed E-state index contributed by atoms with van der Waals surface area (Å²) in [7, 11) is 0. The van der Waals surface area contributed by atoms with Crippen LogP contribution in [-0.4, -0.2) is 17.6 Å². The van der Waals surface area contributed by atoms with E-state index in [4.69, 9.17) is 27.9 Å². The smallest absolute Gasteiger partial charge is 0.337 e. The lowest BCUT2D eigenvalue weighted by Crippen LogP contribution is -2.29. The molecule has 1 aliphatic rings. The van der Waals surface area contributed by atoms with Gasteiger partial charge in [-0.25, -0.2) is 4.79 Å². The Bertz CT molecular complexity index is 1510. The predicted molar refractivity (Wildman–Crippen MR) is 156 cm³/mol. The van der Waals surface area contributed by atoms with Crippen LogP contribution in [0.15, 0.2) is 94.7 Å². The number of nitrogens with zero attached hydrogens (tertiary/aromatic N) is 1. The molecule has 198 valence electrons. The Morgan fingerprint density at radius 3 is 2.41 bits per heavy atom. The summed E-state index contributed by atoms with van der Waals surface area (Å²) in [5.41, 5.74) is 3.91. The molecular formula is C30H25Cl2N3O3S. The van der Waals surface area contributed by atoms with Gasteiger partial charge in [-0.2, -0.15) is 5.26 Å². The van der Waals surface area contributed by atoms with E-state index in [1.807, 2.05) is 37.3 Å². The number of rotatable bonds is 8. The Kier molecular flexibility index (Phi) is 9.36. The van der Waals surface area contributed by atoms with E-state index in [9.17, 15) is 14.9 Å². The molecule has 3 aromatic rings. The highest BCUT2D eigenvalue weighted by atomic mass is 35.5. The van der Waals surface area contributed by atoms with Gasteiger partial charge < -0.3 is 15.4 Å². The molecule has 0 aliphatic carbocycles. The molecule has 0 radical (unpaired) electrons. The Hall–Kier alpha value is -3.70. The average Bonchev–Trinajstić information content (AvgIpc) is 2.93. The van der Waals surface area contributed by atoms with E-state index in [-0.39, 0.29) is 23.8 Å². The lowest BCUT2D eigenvalue weighted by atomic mass is 9.82. The number of carbonyl (C=O) groups excluding carboxylic acids is 2. The van der Waals surface area contributed by atoms with E-state index in [2.05, 4.69) is 16.7 Å². The van der Waals surface area contributed by atoms with Crippen LogP contribution in [0.2, 0.25) is 10.0 Å². The highest BCUT2D eigenvalue weighted by Crippen LogP contribution is 2.43. The van der Waals surface area contributed by atoms with Crippen molar-refractivity contribution in [3.63, 3.8) is 0 Å². The van der Waals surface area contributed by atoms with Crippen molar-refractivity contribution in [3.8, 4) is 6.07 Å². The molecule has 1 unspecified atom stereocenters. The van der Waals surface area contributed by atoms with Gasteiger partial charge in [0.1, 0.15) is 6.61 Å². The molecule has 1 amide bonds. The fourth-order valence-electron chi connectivity index (χ4n) is 4.18. The summed E-state index contributed by atoms with van der Waals surface area (Å²) in [6, 6.07) is 24.0. The number of benzene rings is 3. The first-order valence-electron chi connectivity index (χ1n) is 12.1. The highest BCUT2D eigenvalue weighted by molar-refractivity contribution is 8.03. The molecule has 4 rings (SSSR count). The van der Waals surface area contributed by atoms with E-state index < -0.39 is 11.9 Å². The molecule has 2 N–H and O–H groups in total. The van der Waals surface area contributed by atoms with Crippen molar-refractivity contribution in [2.24, 2.45) is 0 Å². The Labute approximate surface area is 241 Å². The zero-order valence-corrected chi connectivity index (χ0v) is 23.6. The SMILES string of the molecule is CC1=C(C(=O)OCc2ccccc2)C(c2ccccc2Cl)C(C#N)=C(SCC(=O)Nc2cccc(Cl)c2C)N1. The van der Waals surface area contributed by atoms with Crippen molar-refractivity contribution >= 4 is 52.5 Å². The standard InChI is InChI=1S/C30H25Cl2N3O3S/c1-18-23(31)13-8-14-25(18)35-26(36)17-39-29-22(15-33)28(21-11-6-7-12-24(21)32)27(19(2)34-29)30(37)38-16-20-9-4-3-5-10-20/h3-14,28,34H,16-17H2,1-2H3,(H,35,36). The lowest BCUT2D eigenvalue weighted by Gasteiger charge is -2.29. The third kappa shape index (κ3) is 6.66. The van der Waals surface area contributed by atoms with Crippen molar-refractivity contribution in [1.82, 2.24) is 5.32 Å². The minimum Gasteiger partial charge on any atom is -0.457 e. The molecule has 1 atom stereocenters. The van der Waals surface area contributed by atoms with Gasteiger partial charge in [-0.1, -0.05) is 89.6 Å². The second kappa shape index (κ2) is 12.9. The average molecular weight is 579 g/mol. The lowest BCUT2D eigenvalue weighted by molar-refractivity contribution is -0.140. The fraction of sp³-hybridized carbons (Fsp3) is 0.167. The monoisotopic (exact) mass is 577 g/mol.